The van der Waals surface area contributed by atoms with Crippen LogP contribution in [0.5, 0.6) is 0 Å². The highest BCUT2D eigenvalue weighted by Crippen LogP contribution is 2.21. The van der Waals surface area contributed by atoms with E-state index in [2.05, 4.69) is 18.5 Å². The Morgan fingerprint density at radius 1 is 1.50 bits per heavy atom. The summed E-state index contributed by atoms with van der Waals surface area (Å²) in [4.78, 5) is 11.4. The summed E-state index contributed by atoms with van der Waals surface area (Å²) in [6.07, 6.45) is 7.35. The van der Waals surface area contributed by atoms with Crippen molar-refractivity contribution in [2.75, 3.05) is 0 Å². The van der Waals surface area contributed by atoms with Crippen LogP contribution in [0.15, 0.2) is 24.8 Å². The van der Waals surface area contributed by atoms with Gasteiger partial charge in [0.2, 0.25) is 5.91 Å². The maximum Gasteiger partial charge on any atom is 0.220 e. The van der Waals surface area contributed by atoms with Gasteiger partial charge in [0.25, 0.3) is 0 Å². The van der Waals surface area contributed by atoms with E-state index in [9.17, 15) is 4.79 Å². The third kappa shape index (κ3) is 3.77. The lowest BCUT2D eigenvalue weighted by Gasteiger charge is -2.24. The summed E-state index contributed by atoms with van der Waals surface area (Å²) in [6, 6.07) is 0.373. The summed E-state index contributed by atoms with van der Waals surface area (Å²) in [7, 11) is 0. The predicted molar refractivity (Wildman–Crippen MR) is 59.0 cm³/mol. The first-order chi connectivity index (χ1) is 6.72. The Morgan fingerprint density at radius 3 is 2.71 bits per heavy atom. The van der Waals surface area contributed by atoms with E-state index in [4.69, 9.17) is 0 Å². The van der Waals surface area contributed by atoms with Gasteiger partial charge in [0.1, 0.15) is 0 Å². The molecule has 1 rings (SSSR count). The molecule has 0 bridgehead atoms. The standard InChI is InChI=1S/C12H19NO/c1-3-4-5-12(14)13-11-8-6-10(2)7-9-11/h3,11H,1-2,4-9H2,(H,13,14). The minimum atomic E-state index is 0.155. The summed E-state index contributed by atoms with van der Waals surface area (Å²) in [5.41, 5.74) is 1.32. The maximum atomic E-state index is 11.4. The first-order valence-electron chi connectivity index (χ1n) is 5.29. The van der Waals surface area contributed by atoms with Gasteiger partial charge in [-0.3, -0.25) is 4.79 Å². The highest BCUT2D eigenvalue weighted by Gasteiger charge is 2.16. The molecule has 0 aromatic rings. The number of nitrogens with one attached hydrogen (secondary N) is 1. The number of hydrogen-bond acceptors (Lipinski definition) is 1. The molecule has 1 N–H and O–H groups in total. The predicted octanol–water partition coefficient (Wildman–Crippen LogP) is 2.57. The van der Waals surface area contributed by atoms with Crippen LogP contribution in [0.1, 0.15) is 38.5 Å². The smallest absolute Gasteiger partial charge is 0.220 e. The van der Waals surface area contributed by atoms with Crippen LogP contribution in [0, 0.1) is 0 Å². The minimum Gasteiger partial charge on any atom is -0.353 e. The van der Waals surface area contributed by atoms with Crippen LogP contribution in [-0.4, -0.2) is 11.9 Å². The van der Waals surface area contributed by atoms with Crippen LogP contribution in [-0.2, 0) is 4.79 Å². The van der Waals surface area contributed by atoms with Crippen molar-refractivity contribution < 1.29 is 4.79 Å². The average Bonchev–Trinajstić information content (AvgIpc) is 2.18. The molecule has 1 aliphatic carbocycles. The molecule has 0 radical (unpaired) electrons. The van der Waals surface area contributed by atoms with E-state index in [-0.39, 0.29) is 5.91 Å². The van der Waals surface area contributed by atoms with Crippen molar-refractivity contribution in [3.05, 3.63) is 24.8 Å². The lowest BCUT2D eigenvalue weighted by Crippen LogP contribution is -2.36. The Morgan fingerprint density at radius 2 is 2.14 bits per heavy atom. The number of carbonyl (C=O) groups is 1. The second kappa shape index (κ2) is 5.63. The Balaban J connectivity index is 2.20. The summed E-state index contributed by atoms with van der Waals surface area (Å²) < 4.78 is 0. The zero-order chi connectivity index (χ0) is 10.4. The van der Waals surface area contributed by atoms with Gasteiger partial charge in [0.05, 0.1) is 0 Å². The normalized spacial score (nSPS) is 17.9. The number of carbonyl (C=O) groups excluding carboxylic acids is 1. The molecule has 0 saturated heterocycles. The largest absolute Gasteiger partial charge is 0.353 e. The molecule has 0 aromatic carbocycles. The SMILES string of the molecule is C=CCCC(=O)NC1CCC(=C)CC1. The van der Waals surface area contributed by atoms with E-state index in [1.165, 1.54) is 5.57 Å². The fourth-order valence-electron chi connectivity index (χ4n) is 1.70. The van der Waals surface area contributed by atoms with Crippen LogP contribution >= 0.6 is 0 Å². The molecule has 1 saturated carbocycles. The quantitative estimate of drug-likeness (QED) is 0.683. The molecule has 0 unspecified atom stereocenters. The van der Waals surface area contributed by atoms with Gasteiger partial charge in [-0.05, 0) is 32.1 Å². The zero-order valence-electron chi connectivity index (χ0n) is 8.72. The minimum absolute atomic E-state index is 0.155. The van der Waals surface area contributed by atoms with Crippen molar-refractivity contribution in [3.63, 3.8) is 0 Å². The average molecular weight is 193 g/mol. The van der Waals surface area contributed by atoms with Gasteiger partial charge in [-0.1, -0.05) is 18.2 Å². The zero-order valence-corrected chi connectivity index (χ0v) is 8.72. The number of rotatable bonds is 4. The second-order valence-electron chi connectivity index (χ2n) is 3.92. The van der Waals surface area contributed by atoms with Gasteiger partial charge >= 0.3 is 0 Å². The Labute approximate surface area is 86.1 Å². The maximum absolute atomic E-state index is 11.4. The number of allylic oxidation sites excluding steroid dienone is 2. The fourth-order valence-corrected chi connectivity index (χ4v) is 1.70. The van der Waals surface area contributed by atoms with Crippen molar-refractivity contribution in [3.8, 4) is 0 Å². The Bertz CT molecular complexity index is 222. The molecule has 0 heterocycles. The van der Waals surface area contributed by atoms with E-state index in [0.717, 1.165) is 32.1 Å². The summed E-state index contributed by atoms with van der Waals surface area (Å²) in [5, 5.41) is 3.05. The first kappa shape index (κ1) is 11.0. The van der Waals surface area contributed by atoms with E-state index in [0.29, 0.717) is 12.5 Å². The van der Waals surface area contributed by atoms with Gasteiger partial charge in [-0.25, -0.2) is 0 Å². The lowest BCUT2D eigenvalue weighted by atomic mass is 9.92. The summed E-state index contributed by atoms with van der Waals surface area (Å²) >= 11 is 0. The molecular formula is C12H19NO. The van der Waals surface area contributed by atoms with E-state index >= 15 is 0 Å². The molecule has 78 valence electrons. The highest BCUT2D eigenvalue weighted by molar-refractivity contribution is 5.76. The van der Waals surface area contributed by atoms with Crippen molar-refractivity contribution in [1.29, 1.82) is 0 Å². The molecule has 2 heteroatoms. The van der Waals surface area contributed by atoms with Crippen LogP contribution in [0.4, 0.5) is 0 Å². The van der Waals surface area contributed by atoms with Crippen LogP contribution < -0.4 is 5.32 Å². The molecule has 0 aliphatic heterocycles. The Hall–Kier alpha value is -1.05. The molecule has 1 fully saturated rings. The molecular weight excluding hydrogens is 174 g/mol. The summed E-state index contributed by atoms with van der Waals surface area (Å²) in [5.74, 6) is 0.155. The van der Waals surface area contributed by atoms with Gasteiger partial charge in [0, 0.05) is 12.5 Å². The second-order valence-corrected chi connectivity index (χ2v) is 3.92. The lowest BCUT2D eigenvalue weighted by molar-refractivity contribution is -0.121. The molecule has 14 heavy (non-hydrogen) atoms. The van der Waals surface area contributed by atoms with E-state index in [1.807, 2.05) is 0 Å². The highest BCUT2D eigenvalue weighted by atomic mass is 16.1. The van der Waals surface area contributed by atoms with Crippen LogP contribution in [0.2, 0.25) is 0 Å². The van der Waals surface area contributed by atoms with E-state index < -0.39 is 0 Å². The van der Waals surface area contributed by atoms with Gasteiger partial charge in [-0.15, -0.1) is 6.58 Å². The number of amides is 1. The molecule has 2 nitrogen and oxygen atoms in total. The molecule has 1 amide bonds. The molecule has 0 aromatic heterocycles. The molecule has 1 aliphatic rings. The van der Waals surface area contributed by atoms with Crippen molar-refractivity contribution in [2.24, 2.45) is 0 Å². The third-order valence-electron chi connectivity index (χ3n) is 2.63. The monoisotopic (exact) mass is 193 g/mol. The van der Waals surface area contributed by atoms with Gasteiger partial charge < -0.3 is 5.32 Å². The van der Waals surface area contributed by atoms with Gasteiger partial charge in [-0.2, -0.15) is 0 Å². The summed E-state index contributed by atoms with van der Waals surface area (Å²) in [6.45, 7) is 7.55. The Kier molecular flexibility index (Phi) is 4.44. The van der Waals surface area contributed by atoms with Crippen molar-refractivity contribution >= 4 is 5.91 Å². The van der Waals surface area contributed by atoms with Crippen molar-refractivity contribution in [1.82, 2.24) is 5.32 Å². The fraction of sp³-hybridized carbons (Fsp3) is 0.583. The molecule has 0 atom stereocenters. The number of hydrogen-bond donors (Lipinski definition) is 1. The van der Waals surface area contributed by atoms with Crippen molar-refractivity contribution in [2.45, 2.75) is 44.6 Å². The molecule has 0 spiro atoms. The first-order valence-corrected chi connectivity index (χ1v) is 5.29. The van der Waals surface area contributed by atoms with Crippen LogP contribution in [0.3, 0.4) is 0 Å². The van der Waals surface area contributed by atoms with Crippen LogP contribution in [0.25, 0.3) is 0 Å². The topological polar surface area (TPSA) is 29.1 Å². The third-order valence-corrected chi connectivity index (χ3v) is 2.63. The van der Waals surface area contributed by atoms with E-state index in [1.54, 1.807) is 6.08 Å². The van der Waals surface area contributed by atoms with Gasteiger partial charge in [0.15, 0.2) is 0 Å².